The van der Waals surface area contributed by atoms with Gasteiger partial charge in [0.05, 0.1) is 4.92 Å². The molecule has 3 rings (SSSR count). The molecule has 1 N–H and O–H groups in total. The van der Waals surface area contributed by atoms with E-state index in [0.29, 0.717) is 17.3 Å². The number of nitrogens with one attached hydrogen (secondary N) is 1. The maximum Gasteiger partial charge on any atom is 0.293 e. The van der Waals surface area contributed by atoms with Crippen molar-refractivity contribution in [3.05, 3.63) is 61.7 Å². The second-order valence-electron chi connectivity index (χ2n) is 6.59. The Morgan fingerprint density at radius 2 is 1.85 bits per heavy atom. The molecule has 1 fully saturated rings. The highest BCUT2D eigenvalue weighted by atomic mass is 127. The number of nitrogens with zero attached hydrogens (tertiary/aromatic N) is 2. The van der Waals surface area contributed by atoms with Crippen LogP contribution in [0.2, 0.25) is 0 Å². The molecule has 1 amide bonds. The first-order chi connectivity index (χ1) is 12.4. The Morgan fingerprint density at radius 3 is 2.46 bits per heavy atom. The maximum absolute atomic E-state index is 12.5. The van der Waals surface area contributed by atoms with Gasteiger partial charge in [-0.05, 0) is 77.7 Å². The number of carbonyl (C=O) groups excluding carboxylic acids is 1. The molecule has 26 heavy (non-hydrogen) atoms. The van der Waals surface area contributed by atoms with Crippen LogP contribution in [0, 0.1) is 19.6 Å². The van der Waals surface area contributed by atoms with Crippen LogP contribution in [-0.4, -0.2) is 23.9 Å². The predicted octanol–water partition coefficient (Wildman–Crippen LogP) is 4.69. The molecule has 0 unspecified atom stereocenters. The minimum absolute atomic E-state index is 0.0187. The second-order valence-corrected chi connectivity index (χ2v) is 7.84. The van der Waals surface area contributed by atoms with Crippen LogP contribution in [0.4, 0.5) is 17.1 Å². The average Bonchev–Trinajstić information content (AvgIpc) is 2.63. The SMILES string of the molecule is CC1CCN(c2ccc(C(=O)Nc3ccc(I)cc3)cc2[N+](=O)[O-])CC1. The minimum atomic E-state index is -0.408. The molecule has 136 valence electrons. The molecule has 0 spiro atoms. The smallest absolute Gasteiger partial charge is 0.293 e. The minimum Gasteiger partial charge on any atom is -0.366 e. The van der Waals surface area contributed by atoms with Crippen molar-refractivity contribution in [2.24, 2.45) is 5.92 Å². The van der Waals surface area contributed by atoms with E-state index in [1.165, 1.54) is 6.07 Å². The number of hydrogen-bond donors (Lipinski definition) is 1. The molecule has 1 aliphatic rings. The summed E-state index contributed by atoms with van der Waals surface area (Å²) < 4.78 is 1.07. The largest absolute Gasteiger partial charge is 0.366 e. The van der Waals surface area contributed by atoms with Gasteiger partial charge in [-0.25, -0.2) is 0 Å². The number of amides is 1. The number of rotatable bonds is 4. The zero-order chi connectivity index (χ0) is 18.7. The number of nitro benzene ring substituents is 1. The van der Waals surface area contributed by atoms with E-state index < -0.39 is 4.92 Å². The normalized spacial score (nSPS) is 14.9. The first-order valence-corrected chi connectivity index (χ1v) is 9.62. The van der Waals surface area contributed by atoms with Crippen molar-refractivity contribution in [1.29, 1.82) is 0 Å². The zero-order valence-corrected chi connectivity index (χ0v) is 16.6. The molecule has 0 bridgehead atoms. The van der Waals surface area contributed by atoms with Gasteiger partial charge < -0.3 is 10.2 Å². The molecule has 1 aliphatic heterocycles. The standard InChI is InChI=1S/C19H20IN3O3/c1-13-8-10-22(11-9-13)17-7-2-14(12-18(17)23(25)26)19(24)21-16-5-3-15(20)4-6-16/h2-7,12-13H,8-11H2,1H3,(H,21,24). The molecular formula is C19H20IN3O3. The molecule has 0 aliphatic carbocycles. The molecule has 1 saturated heterocycles. The van der Waals surface area contributed by atoms with Crippen molar-refractivity contribution in [1.82, 2.24) is 0 Å². The number of benzene rings is 2. The van der Waals surface area contributed by atoms with Crippen molar-refractivity contribution >= 4 is 45.6 Å². The van der Waals surface area contributed by atoms with Gasteiger partial charge in [-0.15, -0.1) is 0 Å². The van der Waals surface area contributed by atoms with Crippen LogP contribution in [0.5, 0.6) is 0 Å². The van der Waals surface area contributed by atoms with Crippen LogP contribution in [0.25, 0.3) is 0 Å². The first kappa shape index (κ1) is 18.6. The summed E-state index contributed by atoms with van der Waals surface area (Å²) in [4.78, 5) is 25.6. The maximum atomic E-state index is 12.5. The molecule has 0 atom stereocenters. The lowest BCUT2D eigenvalue weighted by Crippen LogP contribution is -2.33. The third-order valence-electron chi connectivity index (χ3n) is 4.66. The lowest BCUT2D eigenvalue weighted by atomic mass is 9.98. The number of piperidine rings is 1. The van der Waals surface area contributed by atoms with Crippen LogP contribution in [0.3, 0.4) is 0 Å². The average molecular weight is 465 g/mol. The Bertz CT molecular complexity index is 815. The second kappa shape index (κ2) is 8.03. The van der Waals surface area contributed by atoms with Gasteiger partial charge in [0, 0.05) is 34.0 Å². The van der Waals surface area contributed by atoms with Crippen LogP contribution in [0.1, 0.15) is 30.1 Å². The molecule has 2 aromatic rings. The Kier molecular flexibility index (Phi) is 5.75. The Labute approximate surface area is 165 Å². The molecule has 0 saturated carbocycles. The van der Waals surface area contributed by atoms with Crippen LogP contribution < -0.4 is 10.2 Å². The first-order valence-electron chi connectivity index (χ1n) is 8.54. The summed E-state index contributed by atoms with van der Waals surface area (Å²) in [6, 6.07) is 12.1. The van der Waals surface area contributed by atoms with E-state index >= 15 is 0 Å². The summed E-state index contributed by atoms with van der Waals surface area (Å²) in [7, 11) is 0. The van der Waals surface area contributed by atoms with E-state index in [1.807, 2.05) is 17.0 Å². The fraction of sp³-hybridized carbons (Fsp3) is 0.316. The van der Waals surface area contributed by atoms with Gasteiger partial charge in [0.25, 0.3) is 11.6 Å². The third kappa shape index (κ3) is 4.32. The fourth-order valence-corrected chi connectivity index (χ4v) is 3.42. The summed E-state index contributed by atoms with van der Waals surface area (Å²) in [6.45, 7) is 3.80. The van der Waals surface area contributed by atoms with E-state index in [2.05, 4.69) is 34.8 Å². The molecular weight excluding hydrogens is 445 g/mol. The van der Waals surface area contributed by atoms with Crippen LogP contribution >= 0.6 is 22.6 Å². The summed E-state index contributed by atoms with van der Waals surface area (Å²) in [5, 5.41) is 14.3. The van der Waals surface area contributed by atoms with Crippen molar-refractivity contribution in [3.63, 3.8) is 0 Å². The highest BCUT2D eigenvalue weighted by Gasteiger charge is 2.24. The van der Waals surface area contributed by atoms with Gasteiger partial charge in [-0.1, -0.05) is 6.92 Å². The molecule has 6 nitrogen and oxygen atoms in total. The monoisotopic (exact) mass is 465 g/mol. The topological polar surface area (TPSA) is 75.5 Å². The van der Waals surface area contributed by atoms with E-state index in [4.69, 9.17) is 0 Å². The van der Waals surface area contributed by atoms with Gasteiger partial charge in [0.2, 0.25) is 0 Å². The van der Waals surface area contributed by atoms with Gasteiger partial charge in [0.1, 0.15) is 5.69 Å². The van der Waals surface area contributed by atoms with E-state index in [9.17, 15) is 14.9 Å². The lowest BCUT2D eigenvalue weighted by Gasteiger charge is -2.31. The summed E-state index contributed by atoms with van der Waals surface area (Å²) in [6.07, 6.45) is 2.04. The molecule has 7 heteroatoms. The molecule has 1 heterocycles. The number of anilines is 2. The molecule has 2 aromatic carbocycles. The lowest BCUT2D eigenvalue weighted by molar-refractivity contribution is -0.384. The Morgan fingerprint density at radius 1 is 1.19 bits per heavy atom. The van der Waals surface area contributed by atoms with Crippen LogP contribution in [0.15, 0.2) is 42.5 Å². The zero-order valence-electron chi connectivity index (χ0n) is 14.4. The number of hydrogen-bond acceptors (Lipinski definition) is 4. The molecule has 0 radical (unpaired) electrons. The number of carbonyl (C=O) groups is 1. The van der Waals surface area contributed by atoms with Crippen molar-refractivity contribution < 1.29 is 9.72 Å². The van der Waals surface area contributed by atoms with E-state index in [1.54, 1.807) is 24.3 Å². The van der Waals surface area contributed by atoms with Gasteiger partial charge in [-0.2, -0.15) is 0 Å². The highest BCUT2D eigenvalue weighted by Crippen LogP contribution is 2.32. The van der Waals surface area contributed by atoms with Crippen molar-refractivity contribution in [2.75, 3.05) is 23.3 Å². The third-order valence-corrected chi connectivity index (χ3v) is 5.38. The van der Waals surface area contributed by atoms with Gasteiger partial charge in [-0.3, -0.25) is 14.9 Å². The quantitative estimate of drug-likeness (QED) is 0.404. The number of halogens is 1. The predicted molar refractivity (Wildman–Crippen MR) is 111 cm³/mol. The summed E-state index contributed by atoms with van der Waals surface area (Å²) in [5.41, 5.74) is 1.51. The summed E-state index contributed by atoms with van der Waals surface area (Å²) >= 11 is 2.19. The van der Waals surface area contributed by atoms with Gasteiger partial charge >= 0.3 is 0 Å². The fourth-order valence-electron chi connectivity index (χ4n) is 3.06. The Hall–Kier alpha value is -2.16. The van der Waals surface area contributed by atoms with Crippen molar-refractivity contribution in [2.45, 2.75) is 19.8 Å². The van der Waals surface area contributed by atoms with Crippen LogP contribution in [-0.2, 0) is 0 Å². The molecule has 0 aromatic heterocycles. The van der Waals surface area contributed by atoms with Crippen molar-refractivity contribution in [3.8, 4) is 0 Å². The van der Waals surface area contributed by atoms with E-state index in [0.717, 1.165) is 29.5 Å². The van der Waals surface area contributed by atoms with Gasteiger partial charge in [0.15, 0.2) is 0 Å². The van der Waals surface area contributed by atoms with E-state index in [-0.39, 0.29) is 17.2 Å². The highest BCUT2D eigenvalue weighted by molar-refractivity contribution is 14.1. The Balaban J connectivity index is 1.82. The summed E-state index contributed by atoms with van der Waals surface area (Å²) in [5.74, 6) is 0.289. The number of nitro groups is 1.